The molecule has 2 aromatic heterocycles. The molecule has 0 bridgehead atoms. The highest BCUT2D eigenvalue weighted by atomic mass is 32.1. The zero-order valence-electron chi connectivity index (χ0n) is 14.3. The number of hydrogen-bond acceptors (Lipinski definition) is 7. The smallest absolute Gasteiger partial charge is 0.311 e. The van der Waals surface area contributed by atoms with E-state index in [9.17, 15) is 14.9 Å². The number of para-hydroxylation sites is 2. The molecule has 0 saturated carbocycles. The van der Waals surface area contributed by atoms with Crippen molar-refractivity contribution in [2.45, 2.75) is 0 Å². The molecule has 0 N–H and O–H groups in total. The highest BCUT2D eigenvalue weighted by Crippen LogP contribution is 2.34. The maximum atomic E-state index is 12.9. The summed E-state index contributed by atoms with van der Waals surface area (Å²) in [6.07, 6.45) is 1.57. The molecule has 0 fully saturated rings. The summed E-state index contributed by atoms with van der Waals surface area (Å²) in [5, 5.41) is 11.3. The number of aromatic nitrogens is 2. The highest BCUT2D eigenvalue weighted by molar-refractivity contribution is 7.15. The fourth-order valence-electron chi connectivity index (χ4n) is 2.91. The second-order valence-corrected chi connectivity index (χ2v) is 6.67. The van der Waals surface area contributed by atoms with Gasteiger partial charge in [0, 0.05) is 17.7 Å². The topological polar surface area (TPSA) is 96.0 Å². The number of nitro benzene ring substituents is 1. The van der Waals surface area contributed by atoms with Gasteiger partial charge in [0.25, 0.3) is 5.56 Å². The van der Waals surface area contributed by atoms with Gasteiger partial charge in [-0.3, -0.25) is 14.9 Å². The summed E-state index contributed by atoms with van der Waals surface area (Å²) >= 11 is 1.22. The van der Waals surface area contributed by atoms with Crippen LogP contribution in [0, 0.1) is 10.1 Å². The Morgan fingerprint density at radius 1 is 1.19 bits per heavy atom. The van der Waals surface area contributed by atoms with Crippen molar-refractivity contribution in [2.24, 2.45) is 0 Å². The van der Waals surface area contributed by atoms with Crippen molar-refractivity contribution in [3.63, 3.8) is 0 Å². The van der Waals surface area contributed by atoms with E-state index < -0.39 is 4.92 Å². The number of thiazole rings is 1. The maximum absolute atomic E-state index is 12.9. The van der Waals surface area contributed by atoms with Crippen LogP contribution in [0.2, 0.25) is 0 Å². The Morgan fingerprint density at radius 2 is 1.93 bits per heavy atom. The minimum absolute atomic E-state index is 0.0864. The van der Waals surface area contributed by atoms with E-state index in [1.54, 1.807) is 6.08 Å². The number of methoxy groups -OCH3 is 2. The number of nitrogens with zero attached hydrogens (tertiary/aromatic N) is 3. The molecule has 0 aliphatic rings. The van der Waals surface area contributed by atoms with Gasteiger partial charge in [-0.2, -0.15) is 0 Å². The number of ether oxygens (including phenoxy) is 2. The number of nitro groups is 1. The third-order valence-corrected chi connectivity index (χ3v) is 5.13. The van der Waals surface area contributed by atoms with Crippen LogP contribution in [0.5, 0.6) is 11.5 Å². The van der Waals surface area contributed by atoms with Crippen molar-refractivity contribution in [3.05, 3.63) is 67.0 Å². The van der Waals surface area contributed by atoms with Gasteiger partial charge in [-0.25, -0.2) is 9.38 Å². The number of imidazole rings is 1. The zero-order valence-corrected chi connectivity index (χ0v) is 15.1. The second kappa shape index (κ2) is 6.36. The van der Waals surface area contributed by atoms with Crippen molar-refractivity contribution >= 4 is 39.1 Å². The van der Waals surface area contributed by atoms with E-state index in [1.165, 1.54) is 42.1 Å². The van der Waals surface area contributed by atoms with Crippen LogP contribution in [-0.4, -0.2) is 28.5 Å². The molecule has 2 aromatic carbocycles. The normalized spacial score (nSPS) is 12.0. The van der Waals surface area contributed by atoms with Crippen molar-refractivity contribution in [2.75, 3.05) is 14.2 Å². The molecule has 136 valence electrons. The van der Waals surface area contributed by atoms with Gasteiger partial charge in [0.15, 0.2) is 4.96 Å². The Bertz CT molecular complexity index is 1310. The summed E-state index contributed by atoms with van der Waals surface area (Å²) in [5.74, 6) is 0.455. The molecule has 8 nitrogen and oxygen atoms in total. The fraction of sp³-hybridized carbons (Fsp3) is 0.111. The van der Waals surface area contributed by atoms with Crippen molar-refractivity contribution in [1.29, 1.82) is 0 Å². The first-order chi connectivity index (χ1) is 13.0. The van der Waals surface area contributed by atoms with Crippen LogP contribution in [0.15, 0.2) is 41.2 Å². The van der Waals surface area contributed by atoms with Crippen LogP contribution in [0.4, 0.5) is 5.69 Å². The fourth-order valence-corrected chi connectivity index (χ4v) is 3.89. The molecule has 0 saturated heterocycles. The number of fused-ring (bicyclic) bond motifs is 3. The first-order valence-electron chi connectivity index (χ1n) is 7.85. The summed E-state index contributed by atoms with van der Waals surface area (Å²) in [6, 6.07) is 10.1. The molecule has 0 aliphatic heterocycles. The lowest BCUT2D eigenvalue weighted by Gasteiger charge is -2.08. The second-order valence-electron chi connectivity index (χ2n) is 5.66. The van der Waals surface area contributed by atoms with Crippen molar-refractivity contribution in [3.8, 4) is 11.5 Å². The van der Waals surface area contributed by atoms with Crippen LogP contribution in [0.3, 0.4) is 0 Å². The lowest BCUT2D eigenvalue weighted by Crippen LogP contribution is -2.22. The van der Waals surface area contributed by atoms with Crippen molar-refractivity contribution in [1.82, 2.24) is 9.38 Å². The summed E-state index contributed by atoms with van der Waals surface area (Å²) in [4.78, 5) is 28.6. The highest BCUT2D eigenvalue weighted by Gasteiger charge is 2.19. The molecule has 9 heteroatoms. The Hall–Kier alpha value is -3.46. The predicted molar refractivity (Wildman–Crippen MR) is 102 cm³/mol. The molecular weight excluding hydrogens is 370 g/mol. The average molecular weight is 383 g/mol. The Balaban J connectivity index is 1.98. The SMILES string of the molecule is COc1cc(OC)c([N+](=O)[O-])cc1C=c1sc2nc3ccccc3n2c1=O. The van der Waals surface area contributed by atoms with Gasteiger partial charge in [-0.1, -0.05) is 23.5 Å². The van der Waals surface area contributed by atoms with Gasteiger partial charge in [0.1, 0.15) is 5.75 Å². The van der Waals surface area contributed by atoms with Gasteiger partial charge >= 0.3 is 5.69 Å². The molecule has 27 heavy (non-hydrogen) atoms. The number of benzene rings is 2. The monoisotopic (exact) mass is 383 g/mol. The van der Waals surface area contributed by atoms with Crippen LogP contribution < -0.4 is 19.6 Å². The van der Waals surface area contributed by atoms with Crippen molar-refractivity contribution < 1.29 is 14.4 Å². The van der Waals surface area contributed by atoms with E-state index in [0.29, 0.717) is 20.8 Å². The quantitative estimate of drug-likeness (QED) is 0.397. The maximum Gasteiger partial charge on any atom is 0.311 e. The van der Waals surface area contributed by atoms with Gasteiger partial charge in [0.2, 0.25) is 5.75 Å². The number of rotatable bonds is 4. The Morgan fingerprint density at radius 3 is 2.63 bits per heavy atom. The van der Waals surface area contributed by atoms with Crippen LogP contribution in [-0.2, 0) is 0 Å². The summed E-state index contributed by atoms with van der Waals surface area (Å²) < 4.78 is 12.3. The molecule has 0 spiro atoms. The minimum Gasteiger partial charge on any atom is -0.496 e. The summed E-state index contributed by atoms with van der Waals surface area (Å²) in [7, 11) is 2.80. The average Bonchev–Trinajstić information content (AvgIpc) is 3.17. The van der Waals surface area contributed by atoms with E-state index in [-0.39, 0.29) is 17.0 Å². The third-order valence-electron chi connectivity index (χ3n) is 4.16. The largest absolute Gasteiger partial charge is 0.496 e. The lowest BCUT2D eigenvalue weighted by molar-refractivity contribution is -0.385. The molecule has 4 aromatic rings. The van der Waals surface area contributed by atoms with Crippen LogP contribution in [0.25, 0.3) is 22.1 Å². The lowest BCUT2D eigenvalue weighted by atomic mass is 10.1. The molecule has 2 heterocycles. The predicted octanol–water partition coefficient (Wildman–Crippen LogP) is 2.38. The zero-order chi connectivity index (χ0) is 19.1. The van der Waals surface area contributed by atoms with E-state index in [2.05, 4.69) is 4.98 Å². The summed E-state index contributed by atoms with van der Waals surface area (Å²) in [6.45, 7) is 0. The van der Waals surface area contributed by atoms with E-state index in [1.807, 2.05) is 24.3 Å². The Labute approximate surface area is 156 Å². The molecule has 0 radical (unpaired) electrons. The first-order valence-corrected chi connectivity index (χ1v) is 8.67. The molecule has 0 atom stereocenters. The third kappa shape index (κ3) is 2.68. The molecule has 0 amide bonds. The van der Waals surface area contributed by atoms with Crippen LogP contribution >= 0.6 is 11.3 Å². The number of hydrogen-bond donors (Lipinski definition) is 0. The van der Waals surface area contributed by atoms with Gasteiger partial charge in [0.05, 0.1) is 34.7 Å². The van der Waals surface area contributed by atoms with Crippen LogP contribution in [0.1, 0.15) is 5.56 Å². The van der Waals surface area contributed by atoms with E-state index in [4.69, 9.17) is 9.47 Å². The van der Waals surface area contributed by atoms with Gasteiger partial charge in [-0.15, -0.1) is 0 Å². The first kappa shape index (κ1) is 17.0. The Kier molecular flexibility index (Phi) is 4.00. The summed E-state index contributed by atoms with van der Waals surface area (Å²) in [5.41, 5.74) is 1.44. The molecule has 4 rings (SSSR count). The molecule has 0 aliphatic carbocycles. The standard InChI is InChI=1S/C18H13N3O5S/c1-25-14-9-15(26-2)13(21(23)24)7-10(14)8-16-17(22)20-12-6-4-3-5-11(12)19-18(20)27-16/h3-9H,1-2H3. The molecular formula is C18H13N3O5S. The minimum atomic E-state index is -0.539. The van der Waals surface area contributed by atoms with Gasteiger partial charge in [-0.05, 0) is 18.2 Å². The molecule has 0 unspecified atom stereocenters. The van der Waals surface area contributed by atoms with E-state index in [0.717, 1.165) is 11.0 Å². The van der Waals surface area contributed by atoms with Gasteiger partial charge < -0.3 is 9.47 Å². The van der Waals surface area contributed by atoms with E-state index >= 15 is 0 Å².